The maximum atomic E-state index is 13.8. The molecule has 0 bridgehead atoms. The Kier molecular flexibility index (Phi) is 6.84. The van der Waals surface area contributed by atoms with E-state index < -0.39 is 11.8 Å². The van der Waals surface area contributed by atoms with Crippen molar-refractivity contribution in [2.75, 3.05) is 19.7 Å². The van der Waals surface area contributed by atoms with Gasteiger partial charge in [0.15, 0.2) is 0 Å². The van der Waals surface area contributed by atoms with Gasteiger partial charge in [0, 0.05) is 50.4 Å². The summed E-state index contributed by atoms with van der Waals surface area (Å²) in [6.07, 6.45) is 4.25. The molecule has 0 aliphatic carbocycles. The molecule has 1 spiro atoms. The van der Waals surface area contributed by atoms with E-state index in [1.54, 1.807) is 34.3 Å². The van der Waals surface area contributed by atoms with E-state index in [2.05, 4.69) is 10.3 Å². The second-order valence-corrected chi connectivity index (χ2v) is 10.1. The number of carbonyl (C=O) groups excluding carboxylic acids is 3. The number of aryl methyl sites for hydroxylation is 1. The lowest BCUT2D eigenvalue weighted by Crippen LogP contribution is -2.59. The number of carbonyl (C=O) groups is 3. The smallest absolute Gasteiger partial charge is 0.263 e. The number of hydrogen-bond acceptors (Lipinski definition) is 6. The zero-order valence-corrected chi connectivity index (χ0v) is 20.9. The quantitative estimate of drug-likeness (QED) is 0.576. The normalized spacial score (nSPS) is 18.9. The van der Waals surface area contributed by atoms with Crippen LogP contribution >= 0.6 is 11.3 Å². The molecule has 2 aliphatic heterocycles. The highest BCUT2D eigenvalue weighted by Gasteiger charge is 2.54. The van der Waals surface area contributed by atoms with Crippen molar-refractivity contribution < 1.29 is 19.1 Å². The van der Waals surface area contributed by atoms with E-state index in [0.717, 1.165) is 11.1 Å². The van der Waals surface area contributed by atoms with Crippen LogP contribution in [0.3, 0.4) is 0 Å². The maximum Gasteiger partial charge on any atom is 0.263 e. The van der Waals surface area contributed by atoms with E-state index in [1.165, 1.54) is 11.3 Å². The minimum atomic E-state index is -0.940. The monoisotopic (exact) mass is 504 g/mol. The number of rotatable bonds is 5. The number of hydrogen-bond donors (Lipinski definition) is 1. The lowest BCUT2D eigenvalue weighted by Gasteiger charge is -2.44. The highest BCUT2D eigenvalue weighted by molar-refractivity contribution is 7.12. The molecule has 4 heterocycles. The van der Waals surface area contributed by atoms with Crippen molar-refractivity contribution in [1.82, 2.24) is 20.1 Å². The first-order valence-electron chi connectivity index (χ1n) is 12.0. The van der Waals surface area contributed by atoms with Gasteiger partial charge in [-0.3, -0.25) is 24.3 Å². The largest absolute Gasteiger partial charge is 0.353 e. The summed E-state index contributed by atoms with van der Waals surface area (Å²) < 4.78 is 6.26. The van der Waals surface area contributed by atoms with Crippen molar-refractivity contribution >= 4 is 29.1 Å². The van der Waals surface area contributed by atoms with Crippen LogP contribution in [-0.2, 0) is 16.1 Å². The SMILES string of the molecule is Cc1ccc(C(=O)N2C(C(=O)NCc3cccnc3)COC23CCN(C(=O)c2cccs2)CC3)cc1. The number of ether oxygens (including phenoxy) is 1. The molecule has 36 heavy (non-hydrogen) atoms. The third-order valence-corrected chi connectivity index (χ3v) is 7.69. The molecule has 3 amide bonds. The number of piperidine rings is 1. The van der Waals surface area contributed by atoms with Crippen LogP contribution in [0.15, 0.2) is 66.3 Å². The topological polar surface area (TPSA) is 91.8 Å². The Bertz CT molecular complexity index is 1220. The van der Waals surface area contributed by atoms with Gasteiger partial charge in [-0.2, -0.15) is 0 Å². The fourth-order valence-corrected chi connectivity index (χ4v) is 5.52. The van der Waals surface area contributed by atoms with Gasteiger partial charge in [0.05, 0.1) is 11.5 Å². The maximum absolute atomic E-state index is 13.8. The number of nitrogens with zero attached hydrogens (tertiary/aromatic N) is 3. The molecule has 9 heteroatoms. The molecular formula is C27H28N4O4S. The highest BCUT2D eigenvalue weighted by Crippen LogP contribution is 2.39. The zero-order valence-electron chi connectivity index (χ0n) is 20.1. The summed E-state index contributed by atoms with van der Waals surface area (Å²) in [7, 11) is 0. The molecule has 2 fully saturated rings. The van der Waals surface area contributed by atoms with Gasteiger partial charge in [-0.1, -0.05) is 29.8 Å². The van der Waals surface area contributed by atoms with Crippen molar-refractivity contribution in [3.8, 4) is 0 Å². The predicted molar refractivity (Wildman–Crippen MR) is 135 cm³/mol. The summed E-state index contributed by atoms with van der Waals surface area (Å²) in [6.45, 7) is 3.27. The molecule has 2 aliphatic rings. The van der Waals surface area contributed by atoms with Crippen molar-refractivity contribution in [2.45, 2.75) is 38.1 Å². The average molecular weight is 505 g/mol. The number of thiophene rings is 1. The van der Waals surface area contributed by atoms with Gasteiger partial charge in [-0.05, 0) is 42.1 Å². The molecule has 186 valence electrons. The molecule has 0 radical (unpaired) electrons. The Morgan fingerprint density at radius 3 is 2.53 bits per heavy atom. The van der Waals surface area contributed by atoms with Crippen LogP contribution in [0.25, 0.3) is 0 Å². The van der Waals surface area contributed by atoms with Gasteiger partial charge in [0.2, 0.25) is 5.91 Å². The summed E-state index contributed by atoms with van der Waals surface area (Å²) in [6, 6.07) is 13.9. The molecule has 8 nitrogen and oxygen atoms in total. The van der Waals surface area contributed by atoms with Gasteiger partial charge >= 0.3 is 0 Å². The molecule has 1 N–H and O–H groups in total. The summed E-state index contributed by atoms with van der Waals surface area (Å²) in [4.78, 5) is 48.2. The Labute approximate surface area is 213 Å². The Balaban J connectivity index is 1.36. The molecular weight excluding hydrogens is 476 g/mol. The number of nitrogens with one attached hydrogen (secondary N) is 1. The summed E-state index contributed by atoms with van der Waals surface area (Å²) in [5.41, 5.74) is 1.49. The molecule has 0 saturated carbocycles. The third-order valence-electron chi connectivity index (χ3n) is 6.83. The van der Waals surface area contributed by atoms with Crippen LogP contribution < -0.4 is 5.32 Å². The van der Waals surface area contributed by atoms with Crippen molar-refractivity contribution in [2.24, 2.45) is 0 Å². The second-order valence-electron chi connectivity index (χ2n) is 9.16. The van der Waals surface area contributed by atoms with Crippen molar-refractivity contribution in [3.05, 3.63) is 87.9 Å². The van der Waals surface area contributed by atoms with Crippen LogP contribution in [0.2, 0.25) is 0 Å². The first kappa shape index (κ1) is 24.1. The third kappa shape index (κ3) is 4.76. The minimum Gasteiger partial charge on any atom is -0.353 e. The molecule has 1 unspecified atom stereocenters. The van der Waals surface area contributed by atoms with Gasteiger partial charge < -0.3 is 15.0 Å². The number of likely N-dealkylation sites (tertiary alicyclic amines) is 1. The van der Waals surface area contributed by atoms with Crippen LogP contribution in [0.4, 0.5) is 0 Å². The van der Waals surface area contributed by atoms with Gasteiger partial charge in [0.1, 0.15) is 11.8 Å². The van der Waals surface area contributed by atoms with Gasteiger partial charge in [-0.15, -0.1) is 11.3 Å². The van der Waals surface area contributed by atoms with Crippen LogP contribution in [0, 0.1) is 6.92 Å². The number of amides is 3. The fourth-order valence-electron chi connectivity index (χ4n) is 4.83. The second kappa shape index (κ2) is 10.2. The lowest BCUT2D eigenvalue weighted by molar-refractivity contribution is -0.128. The predicted octanol–water partition coefficient (Wildman–Crippen LogP) is 3.24. The van der Waals surface area contributed by atoms with E-state index in [9.17, 15) is 14.4 Å². The first-order valence-corrected chi connectivity index (χ1v) is 12.9. The first-order chi connectivity index (χ1) is 17.5. The van der Waals surface area contributed by atoms with E-state index in [-0.39, 0.29) is 24.3 Å². The molecule has 2 aromatic heterocycles. The summed E-state index contributed by atoms with van der Waals surface area (Å²) in [5, 5.41) is 4.82. The van der Waals surface area contributed by atoms with Crippen LogP contribution in [0.1, 0.15) is 44.0 Å². The zero-order chi connectivity index (χ0) is 25.1. The number of pyridine rings is 1. The number of aromatic nitrogens is 1. The van der Waals surface area contributed by atoms with E-state index in [0.29, 0.717) is 42.9 Å². The lowest BCUT2D eigenvalue weighted by atomic mass is 9.96. The Hall–Kier alpha value is -3.56. The van der Waals surface area contributed by atoms with E-state index in [1.807, 2.05) is 48.7 Å². The molecule has 2 saturated heterocycles. The summed E-state index contributed by atoms with van der Waals surface area (Å²) in [5.74, 6) is -0.527. The minimum absolute atomic E-state index is 0.0139. The summed E-state index contributed by atoms with van der Waals surface area (Å²) >= 11 is 1.42. The Morgan fingerprint density at radius 1 is 1.08 bits per heavy atom. The van der Waals surface area contributed by atoms with E-state index in [4.69, 9.17) is 4.74 Å². The molecule has 1 atom stereocenters. The Morgan fingerprint density at radius 2 is 1.86 bits per heavy atom. The average Bonchev–Trinajstić information content (AvgIpc) is 3.57. The highest BCUT2D eigenvalue weighted by atomic mass is 32.1. The van der Waals surface area contributed by atoms with Gasteiger partial charge in [-0.25, -0.2) is 0 Å². The molecule has 1 aromatic carbocycles. The fraction of sp³-hybridized carbons (Fsp3) is 0.333. The van der Waals surface area contributed by atoms with Crippen LogP contribution in [-0.4, -0.2) is 64.0 Å². The molecule has 5 rings (SSSR count). The van der Waals surface area contributed by atoms with Crippen molar-refractivity contribution in [3.63, 3.8) is 0 Å². The molecule has 3 aromatic rings. The van der Waals surface area contributed by atoms with Crippen molar-refractivity contribution in [1.29, 1.82) is 0 Å². The standard InChI is InChI=1S/C27H28N4O4S/c1-19-6-8-21(9-7-19)25(33)31-22(24(32)29-17-20-4-2-12-28-16-20)18-35-27(31)10-13-30(14-11-27)26(34)23-5-3-15-36-23/h2-9,12,15-16,22H,10-11,13-14,17-18H2,1H3,(H,29,32). The van der Waals surface area contributed by atoms with Crippen LogP contribution in [0.5, 0.6) is 0 Å². The number of benzene rings is 1. The van der Waals surface area contributed by atoms with Gasteiger partial charge in [0.25, 0.3) is 11.8 Å². The van der Waals surface area contributed by atoms with E-state index >= 15 is 0 Å².